The van der Waals surface area contributed by atoms with Crippen LogP contribution in [0.15, 0.2) is 33.2 Å². The lowest BCUT2D eigenvalue weighted by molar-refractivity contribution is 0.388. The number of furan rings is 1. The van der Waals surface area contributed by atoms with Gasteiger partial charge in [0.2, 0.25) is 0 Å². The minimum Gasteiger partial charge on any atom is -0.459 e. The summed E-state index contributed by atoms with van der Waals surface area (Å²) in [5.41, 5.74) is 7.04. The monoisotopic (exact) mass is 281 g/mol. The molecule has 0 saturated carbocycles. The fourth-order valence-electron chi connectivity index (χ4n) is 1.72. The van der Waals surface area contributed by atoms with Gasteiger partial charge in [-0.2, -0.15) is 0 Å². The van der Waals surface area contributed by atoms with Crippen LogP contribution in [-0.4, -0.2) is 0 Å². The summed E-state index contributed by atoms with van der Waals surface area (Å²) in [5, 5.41) is 1.11. The number of benzene rings is 1. The van der Waals surface area contributed by atoms with Crippen LogP contribution in [0.4, 0.5) is 0 Å². The third-order valence-electron chi connectivity index (χ3n) is 3.09. The van der Waals surface area contributed by atoms with Gasteiger partial charge in [0, 0.05) is 9.86 Å². The maximum absolute atomic E-state index is 6.15. The van der Waals surface area contributed by atoms with Crippen LogP contribution in [0.3, 0.4) is 0 Å². The van der Waals surface area contributed by atoms with E-state index in [1.54, 1.807) is 0 Å². The molecule has 86 valence electrons. The molecule has 0 aliphatic heterocycles. The first-order valence-electron chi connectivity index (χ1n) is 5.56. The number of hydrogen-bond acceptors (Lipinski definition) is 2. The Morgan fingerprint density at radius 3 is 2.81 bits per heavy atom. The van der Waals surface area contributed by atoms with Crippen molar-refractivity contribution in [1.82, 2.24) is 0 Å². The van der Waals surface area contributed by atoms with Gasteiger partial charge in [0.1, 0.15) is 11.3 Å². The molecule has 0 amide bonds. The molecule has 16 heavy (non-hydrogen) atoms. The van der Waals surface area contributed by atoms with Crippen molar-refractivity contribution in [1.29, 1.82) is 0 Å². The zero-order chi connectivity index (χ0) is 11.7. The average Bonchev–Trinajstić information content (AvgIpc) is 2.69. The quantitative estimate of drug-likeness (QED) is 0.914. The summed E-state index contributed by atoms with van der Waals surface area (Å²) in [6.45, 7) is 4.29. The van der Waals surface area contributed by atoms with Crippen molar-refractivity contribution in [3.05, 3.63) is 34.5 Å². The molecule has 2 aromatic rings. The maximum Gasteiger partial charge on any atom is 0.135 e. The Labute approximate surface area is 104 Å². The van der Waals surface area contributed by atoms with Gasteiger partial charge in [-0.1, -0.05) is 36.2 Å². The molecule has 2 atom stereocenters. The van der Waals surface area contributed by atoms with E-state index in [-0.39, 0.29) is 6.04 Å². The maximum atomic E-state index is 6.15. The Morgan fingerprint density at radius 2 is 2.12 bits per heavy atom. The van der Waals surface area contributed by atoms with Crippen LogP contribution in [0.25, 0.3) is 11.0 Å². The van der Waals surface area contributed by atoms with E-state index in [0.29, 0.717) is 5.92 Å². The van der Waals surface area contributed by atoms with Gasteiger partial charge in [-0.25, -0.2) is 0 Å². The van der Waals surface area contributed by atoms with Gasteiger partial charge in [-0.05, 0) is 30.2 Å². The Bertz CT molecular complexity index is 492. The van der Waals surface area contributed by atoms with E-state index in [1.807, 2.05) is 24.3 Å². The summed E-state index contributed by atoms with van der Waals surface area (Å²) < 4.78 is 6.80. The Morgan fingerprint density at radius 1 is 1.38 bits per heavy atom. The lowest BCUT2D eigenvalue weighted by atomic mass is 9.98. The third kappa shape index (κ3) is 2.15. The number of fused-ring (bicyclic) bond motifs is 1. The lowest BCUT2D eigenvalue weighted by Crippen LogP contribution is -2.17. The molecule has 1 unspecified atom stereocenters. The van der Waals surface area contributed by atoms with Crippen LogP contribution in [-0.2, 0) is 0 Å². The molecule has 3 heteroatoms. The molecule has 1 aromatic carbocycles. The summed E-state index contributed by atoms with van der Waals surface area (Å²) in [6, 6.07) is 8.04. The molecule has 0 bridgehead atoms. The van der Waals surface area contributed by atoms with Gasteiger partial charge in [0.15, 0.2) is 0 Å². The van der Waals surface area contributed by atoms with Gasteiger partial charge in [-0.3, -0.25) is 0 Å². The summed E-state index contributed by atoms with van der Waals surface area (Å²) in [6.07, 6.45) is 1.06. The first-order chi connectivity index (χ1) is 7.61. The average molecular weight is 282 g/mol. The Kier molecular flexibility index (Phi) is 3.36. The molecule has 0 spiro atoms. The predicted molar refractivity (Wildman–Crippen MR) is 70.3 cm³/mol. The minimum absolute atomic E-state index is 0.0174. The molecule has 0 saturated heterocycles. The van der Waals surface area contributed by atoms with Crippen LogP contribution >= 0.6 is 15.9 Å². The molecule has 2 nitrogen and oxygen atoms in total. The summed E-state index contributed by atoms with van der Waals surface area (Å²) in [5.74, 6) is 1.31. The highest BCUT2D eigenvalue weighted by Gasteiger charge is 2.17. The van der Waals surface area contributed by atoms with E-state index in [4.69, 9.17) is 10.2 Å². The first-order valence-corrected chi connectivity index (χ1v) is 6.35. The zero-order valence-electron chi connectivity index (χ0n) is 9.53. The Balaban J connectivity index is 2.39. The van der Waals surface area contributed by atoms with Crippen molar-refractivity contribution in [3.8, 4) is 0 Å². The summed E-state index contributed by atoms with van der Waals surface area (Å²) in [7, 11) is 0. The zero-order valence-corrected chi connectivity index (χ0v) is 11.1. The SMILES string of the molecule is CCC(C)[C@@H](N)c1cc2ccc(Br)cc2o1. The van der Waals surface area contributed by atoms with Crippen molar-refractivity contribution in [2.75, 3.05) is 0 Å². The van der Waals surface area contributed by atoms with Gasteiger partial charge < -0.3 is 10.2 Å². The second kappa shape index (κ2) is 4.60. The van der Waals surface area contributed by atoms with E-state index < -0.39 is 0 Å². The molecule has 2 N–H and O–H groups in total. The van der Waals surface area contributed by atoms with Crippen LogP contribution < -0.4 is 5.73 Å². The number of nitrogens with two attached hydrogens (primary N) is 1. The topological polar surface area (TPSA) is 39.2 Å². The second-order valence-corrected chi connectivity index (χ2v) is 5.16. The molecular weight excluding hydrogens is 266 g/mol. The van der Waals surface area contributed by atoms with Crippen molar-refractivity contribution < 1.29 is 4.42 Å². The Hall–Kier alpha value is -0.800. The number of halogens is 1. The van der Waals surface area contributed by atoms with E-state index in [0.717, 1.165) is 27.6 Å². The van der Waals surface area contributed by atoms with E-state index in [1.165, 1.54) is 0 Å². The van der Waals surface area contributed by atoms with Crippen molar-refractivity contribution in [3.63, 3.8) is 0 Å². The van der Waals surface area contributed by atoms with E-state index in [9.17, 15) is 0 Å². The highest BCUT2D eigenvalue weighted by molar-refractivity contribution is 9.10. The fraction of sp³-hybridized carbons (Fsp3) is 0.385. The number of hydrogen-bond donors (Lipinski definition) is 1. The summed E-state index contributed by atoms with van der Waals surface area (Å²) in [4.78, 5) is 0. The van der Waals surface area contributed by atoms with E-state index in [2.05, 4.69) is 29.8 Å². The van der Waals surface area contributed by atoms with Crippen LogP contribution in [0.1, 0.15) is 32.1 Å². The van der Waals surface area contributed by atoms with Crippen molar-refractivity contribution >= 4 is 26.9 Å². The van der Waals surface area contributed by atoms with Gasteiger partial charge >= 0.3 is 0 Å². The second-order valence-electron chi connectivity index (χ2n) is 4.24. The highest BCUT2D eigenvalue weighted by Crippen LogP contribution is 2.29. The van der Waals surface area contributed by atoms with Crippen LogP contribution in [0.2, 0.25) is 0 Å². The fourth-order valence-corrected chi connectivity index (χ4v) is 2.06. The molecule has 0 aliphatic carbocycles. The molecule has 0 fully saturated rings. The predicted octanol–water partition coefficient (Wildman–Crippen LogP) is 4.24. The normalized spacial score (nSPS) is 15.2. The summed E-state index contributed by atoms with van der Waals surface area (Å²) >= 11 is 3.43. The van der Waals surface area contributed by atoms with Crippen molar-refractivity contribution in [2.24, 2.45) is 11.7 Å². The number of rotatable bonds is 3. The van der Waals surface area contributed by atoms with E-state index >= 15 is 0 Å². The molecule has 0 radical (unpaired) electrons. The molecule has 1 aromatic heterocycles. The largest absolute Gasteiger partial charge is 0.459 e. The standard InChI is InChI=1S/C13H16BrNO/c1-3-8(2)13(15)12-6-9-4-5-10(14)7-11(9)16-12/h4-8,13H,3,15H2,1-2H3/t8?,13-/m1/s1. The smallest absolute Gasteiger partial charge is 0.135 e. The molecule has 0 aliphatic rings. The van der Waals surface area contributed by atoms with Gasteiger partial charge in [-0.15, -0.1) is 0 Å². The first kappa shape index (κ1) is 11.7. The minimum atomic E-state index is -0.0174. The third-order valence-corrected chi connectivity index (χ3v) is 3.58. The van der Waals surface area contributed by atoms with Crippen LogP contribution in [0, 0.1) is 5.92 Å². The molecule has 2 rings (SSSR count). The highest BCUT2D eigenvalue weighted by atomic mass is 79.9. The van der Waals surface area contributed by atoms with Gasteiger partial charge in [0.25, 0.3) is 0 Å². The van der Waals surface area contributed by atoms with Gasteiger partial charge in [0.05, 0.1) is 6.04 Å². The molecule has 1 heterocycles. The lowest BCUT2D eigenvalue weighted by Gasteiger charge is -2.15. The van der Waals surface area contributed by atoms with Crippen LogP contribution in [0.5, 0.6) is 0 Å². The van der Waals surface area contributed by atoms with Crippen molar-refractivity contribution in [2.45, 2.75) is 26.3 Å². The molecular formula is C13H16BrNO.